The highest BCUT2D eigenvalue weighted by Gasteiger charge is 2.14. The Balaban J connectivity index is 1.56. The molecule has 0 aliphatic carbocycles. The molecule has 0 unspecified atom stereocenters. The van der Waals surface area contributed by atoms with E-state index in [4.69, 9.17) is 33.2 Å². The molecule has 7 rings (SSSR count). The highest BCUT2D eigenvalue weighted by molar-refractivity contribution is 6.31. The molecule has 2 N–H and O–H groups in total. The van der Waals surface area contributed by atoms with E-state index >= 15 is 0 Å². The molecule has 0 saturated heterocycles. The third-order valence-electron chi connectivity index (χ3n) is 6.66. The number of rotatable bonds is 2. The van der Waals surface area contributed by atoms with E-state index < -0.39 is 0 Å². The summed E-state index contributed by atoms with van der Waals surface area (Å²) in [6.45, 7) is 0. The molecule has 2 aliphatic heterocycles. The summed E-state index contributed by atoms with van der Waals surface area (Å²) < 4.78 is 0. The Morgan fingerprint density at radius 3 is 1.39 bits per heavy atom. The monoisotopic (exact) mass is 530 g/mol. The van der Waals surface area contributed by atoms with Gasteiger partial charge in [0.15, 0.2) is 0 Å². The van der Waals surface area contributed by atoms with E-state index in [1.54, 1.807) is 0 Å². The molecular formula is C32H20Cl2N4. The van der Waals surface area contributed by atoms with Gasteiger partial charge in [-0.05, 0) is 96.1 Å². The van der Waals surface area contributed by atoms with Crippen molar-refractivity contribution in [2.75, 3.05) is 0 Å². The molecule has 4 nitrogen and oxygen atoms in total. The predicted octanol–water partition coefficient (Wildman–Crippen LogP) is 9.30. The summed E-state index contributed by atoms with van der Waals surface area (Å²) in [6.07, 6.45) is 8.14. The first-order valence-corrected chi connectivity index (χ1v) is 13.0. The van der Waals surface area contributed by atoms with Crippen molar-refractivity contribution in [3.05, 3.63) is 118 Å². The maximum atomic E-state index is 6.19. The quantitative estimate of drug-likeness (QED) is 0.234. The van der Waals surface area contributed by atoms with Crippen LogP contribution in [0.3, 0.4) is 0 Å². The van der Waals surface area contributed by atoms with Gasteiger partial charge in [-0.3, -0.25) is 0 Å². The van der Waals surface area contributed by atoms with Crippen molar-refractivity contribution in [3.63, 3.8) is 0 Å². The number of aromatic amines is 2. The first-order chi connectivity index (χ1) is 18.6. The molecule has 0 saturated carbocycles. The van der Waals surface area contributed by atoms with Gasteiger partial charge in [0.05, 0.1) is 22.8 Å². The minimum atomic E-state index is 0.691. The van der Waals surface area contributed by atoms with Crippen LogP contribution in [0.15, 0.2) is 84.9 Å². The summed E-state index contributed by atoms with van der Waals surface area (Å²) in [5.41, 5.74) is 11.4. The first kappa shape index (κ1) is 22.8. The Morgan fingerprint density at radius 1 is 0.474 bits per heavy atom. The Hall–Kier alpha value is -4.38. The van der Waals surface area contributed by atoms with Gasteiger partial charge in [0.2, 0.25) is 0 Å². The van der Waals surface area contributed by atoms with Crippen LogP contribution < -0.4 is 0 Å². The van der Waals surface area contributed by atoms with Gasteiger partial charge in [0.1, 0.15) is 0 Å². The molecule has 8 bridgehead atoms. The molecule has 0 fully saturated rings. The maximum absolute atomic E-state index is 6.19. The Bertz CT molecular complexity index is 1830. The number of H-pyrrole nitrogens is 2. The van der Waals surface area contributed by atoms with Gasteiger partial charge in [-0.1, -0.05) is 47.5 Å². The lowest BCUT2D eigenvalue weighted by molar-refractivity contribution is 1.28. The predicted molar refractivity (Wildman–Crippen MR) is 160 cm³/mol. The minimum Gasteiger partial charge on any atom is -0.355 e. The van der Waals surface area contributed by atoms with Crippen molar-refractivity contribution in [3.8, 4) is 22.3 Å². The molecule has 6 heteroatoms. The summed E-state index contributed by atoms with van der Waals surface area (Å²) in [7, 11) is 0. The molecule has 0 atom stereocenters. The standard InChI is InChI=1S/C32H20Cl2N4/c33-21-5-1-19(2-6-21)31-27-13-9-23(35-27)17-25-11-15-29(37-25)32(20-3-7-22(34)8-4-20)30-16-12-26(38-30)18-24-10-14-28(31)36-24/h1-18,35-36H. The number of nitrogens with zero attached hydrogens (tertiary/aromatic N) is 2. The summed E-state index contributed by atoms with van der Waals surface area (Å²) in [4.78, 5) is 17.1. The molecule has 2 aliphatic rings. The summed E-state index contributed by atoms with van der Waals surface area (Å²) in [5.74, 6) is 0. The van der Waals surface area contributed by atoms with Crippen LogP contribution >= 0.6 is 23.2 Å². The molecule has 182 valence electrons. The molecule has 0 spiro atoms. The number of benzene rings is 2. The highest BCUT2D eigenvalue weighted by Crippen LogP contribution is 2.33. The number of hydrogen-bond donors (Lipinski definition) is 2. The van der Waals surface area contributed by atoms with Crippen molar-refractivity contribution >= 4 is 69.6 Å². The van der Waals surface area contributed by atoms with Crippen LogP contribution in [0.25, 0.3) is 68.6 Å². The zero-order valence-corrected chi connectivity index (χ0v) is 21.6. The van der Waals surface area contributed by atoms with Gasteiger partial charge < -0.3 is 9.97 Å². The molecule has 2 aromatic carbocycles. The third kappa shape index (κ3) is 4.24. The number of fused-ring (bicyclic) bond motifs is 8. The number of hydrogen-bond acceptors (Lipinski definition) is 2. The normalized spacial score (nSPS) is 12.3. The fourth-order valence-electron chi connectivity index (χ4n) is 4.91. The summed E-state index contributed by atoms with van der Waals surface area (Å²) >= 11 is 12.4. The van der Waals surface area contributed by atoms with E-state index in [0.29, 0.717) is 10.0 Å². The Labute approximate surface area is 229 Å². The van der Waals surface area contributed by atoms with Gasteiger partial charge in [-0.25, -0.2) is 9.97 Å². The van der Waals surface area contributed by atoms with Crippen molar-refractivity contribution in [1.29, 1.82) is 0 Å². The average molecular weight is 531 g/mol. The summed E-state index contributed by atoms with van der Waals surface area (Å²) in [5, 5.41) is 1.39. The zero-order valence-electron chi connectivity index (χ0n) is 20.0. The molecule has 3 aromatic heterocycles. The van der Waals surface area contributed by atoms with Gasteiger partial charge in [0.25, 0.3) is 0 Å². The molecule has 5 heterocycles. The first-order valence-electron chi connectivity index (χ1n) is 12.2. The minimum absolute atomic E-state index is 0.691. The SMILES string of the molecule is Clc1ccc(-c2c3nc(cc4ccc([nH]4)c(-c4ccc(Cl)cc4)c4ccc(cc5nc2C=C5)[nH]4)C=C3)cc1. The van der Waals surface area contributed by atoms with E-state index in [0.717, 1.165) is 67.1 Å². The molecule has 5 aromatic rings. The topological polar surface area (TPSA) is 57.4 Å². The van der Waals surface area contributed by atoms with Crippen LogP contribution in [-0.4, -0.2) is 19.9 Å². The van der Waals surface area contributed by atoms with Gasteiger partial charge >= 0.3 is 0 Å². The number of nitrogens with one attached hydrogen (secondary N) is 2. The second-order valence-corrected chi connectivity index (χ2v) is 10.1. The van der Waals surface area contributed by atoms with Crippen molar-refractivity contribution < 1.29 is 0 Å². The van der Waals surface area contributed by atoms with E-state index in [2.05, 4.69) is 46.4 Å². The largest absolute Gasteiger partial charge is 0.355 e. The molecule has 0 amide bonds. The molecular weight excluding hydrogens is 511 g/mol. The van der Waals surface area contributed by atoms with Crippen LogP contribution in [-0.2, 0) is 0 Å². The second-order valence-electron chi connectivity index (χ2n) is 9.22. The van der Waals surface area contributed by atoms with Crippen molar-refractivity contribution in [1.82, 2.24) is 19.9 Å². The van der Waals surface area contributed by atoms with Gasteiger partial charge in [-0.15, -0.1) is 0 Å². The Kier molecular flexibility index (Phi) is 5.50. The highest BCUT2D eigenvalue weighted by atomic mass is 35.5. The van der Waals surface area contributed by atoms with Crippen LogP contribution in [0.5, 0.6) is 0 Å². The van der Waals surface area contributed by atoms with Gasteiger partial charge in [-0.2, -0.15) is 0 Å². The zero-order chi connectivity index (χ0) is 25.6. The Morgan fingerprint density at radius 2 is 0.921 bits per heavy atom. The van der Waals surface area contributed by atoms with E-state index in [1.807, 2.05) is 72.8 Å². The molecule has 0 radical (unpaired) electrons. The van der Waals surface area contributed by atoms with Crippen LogP contribution in [0.2, 0.25) is 10.0 Å². The number of halogens is 2. The smallest absolute Gasteiger partial charge is 0.0737 e. The lowest BCUT2D eigenvalue weighted by Gasteiger charge is -2.05. The van der Waals surface area contributed by atoms with E-state index in [9.17, 15) is 0 Å². The fourth-order valence-corrected chi connectivity index (χ4v) is 5.17. The van der Waals surface area contributed by atoms with Crippen LogP contribution in [0.4, 0.5) is 0 Å². The van der Waals surface area contributed by atoms with Gasteiger partial charge in [0, 0.05) is 43.2 Å². The van der Waals surface area contributed by atoms with E-state index in [1.165, 1.54) is 0 Å². The lowest BCUT2D eigenvalue weighted by atomic mass is 10.0. The average Bonchev–Trinajstić information content (AvgIpc) is 3.72. The van der Waals surface area contributed by atoms with Crippen LogP contribution in [0, 0.1) is 0 Å². The van der Waals surface area contributed by atoms with Crippen molar-refractivity contribution in [2.45, 2.75) is 0 Å². The second kappa shape index (κ2) is 9.18. The summed E-state index contributed by atoms with van der Waals surface area (Å²) in [6, 6.07) is 28.1. The van der Waals surface area contributed by atoms with Crippen molar-refractivity contribution in [2.24, 2.45) is 0 Å². The lowest BCUT2D eigenvalue weighted by Crippen LogP contribution is -1.88. The number of aromatic nitrogens is 4. The third-order valence-corrected chi connectivity index (χ3v) is 7.17. The maximum Gasteiger partial charge on any atom is 0.0737 e. The van der Waals surface area contributed by atoms with E-state index in [-0.39, 0.29) is 0 Å². The fraction of sp³-hybridized carbons (Fsp3) is 0. The molecule has 38 heavy (non-hydrogen) atoms. The van der Waals surface area contributed by atoms with Crippen LogP contribution in [0.1, 0.15) is 22.8 Å².